The number of aliphatic carboxylic acids is 4. The second kappa shape index (κ2) is 56.0. The lowest BCUT2D eigenvalue weighted by molar-refractivity contribution is -0.142. The molecule has 11 amide bonds. The lowest BCUT2D eigenvalue weighted by Crippen LogP contribution is -2.54. The molecule has 1 heterocycles. The number of amides is 11. The van der Waals surface area contributed by atoms with E-state index in [0.29, 0.717) is 114 Å². The van der Waals surface area contributed by atoms with E-state index in [1.54, 1.807) is 24.3 Å². The molecule has 42 heteroatoms. The highest BCUT2D eigenvalue weighted by atomic mass is 127. The van der Waals surface area contributed by atoms with Gasteiger partial charge in [-0.2, -0.15) is 5.10 Å². The SMILES string of the molecule is NN=C(C=NCCOCCOCCOCCC(=O)NC(CCCCNC(=S)Nc1ccc(CC2CN(CC(N)=O)CCN(CC(N)=O)CCN(CC(N)=O)CCN2CC(N)=O)cc1)C(=O)NC(CCCCNC(=O)Cc1ccc(I)cc1)C(=O)O)c1cccc(NC(=O)NCCCCC(NC(=O)NC(CCC(=O)O)C(=O)O)C(=O)O)c1. The van der Waals surface area contributed by atoms with Gasteiger partial charge in [0.05, 0.1) is 78.8 Å². The second-order valence-electron chi connectivity index (χ2n) is 27.1. The van der Waals surface area contributed by atoms with Crippen LogP contribution in [-0.2, 0) is 79.8 Å². The van der Waals surface area contributed by atoms with Gasteiger partial charge in [-0.3, -0.25) is 62.9 Å². The van der Waals surface area contributed by atoms with Crippen LogP contribution in [0.25, 0.3) is 0 Å². The number of carbonyl (C=O) groups is 13. The van der Waals surface area contributed by atoms with Crippen LogP contribution in [0.1, 0.15) is 93.7 Å². The van der Waals surface area contributed by atoms with E-state index in [0.717, 1.165) is 14.7 Å². The molecule has 0 saturated carbocycles. The summed E-state index contributed by atoms with van der Waals surface area (Å²) in [4.78, 5) is 172. The summed E-state index contributed by atoms with van der Waals surface area (Å²) in [5.74, 6) is -3.37. The van der Waals surface area contributed by atoms with Crippen LogP contribution in [0, 0.1) is 3.57 Å². The Balaban J connectivity index is 1.23. The number of urea groups is 2. The first-order chi connectivity index (χ1) is 55.4. The number of carboxylic acid groups (broad SMARTS) is 4. The predicted octanol–water partition coefficient (Wildman–Crippen LogP) is -1.36. The van der Waals surface area contributed by atoms with E-state index >= 15 is 0 Å². The summed E-state index contributed by atoms with van der Waals surface area (Å²) in [6.45, 7) is 3.88. The zero-order valence-corrected chi connectivity index (χ0v) is 67.8. The Morgan fingerprint density at radius 1 is 0.517 bits per heavy atom. The summed E-state index contributed by atoms with van der Waals surface area (Å²) in [5.41, 5.74) is 26.2. The molecule has 3 aromatic carbocycles. The molecule has 1 saturated heterocycles. The van der Waals surface area contributed by atoms with Crippen LogP contribution in [0.4, 0.5) is 21.0 Å². The normalized spacial score (nSPS) is 15.0. The number of ether oxygens (including phenoxy) is 3. The van der Waals surface area contributed by atoms with Crippen LogP contribution in [0.2, 0.25) is 0 Å². The van der Waals surface area contributed by atoms with Crippen molar-refractivity contribution < 1.29 is 97.0 Å². The number of hydrogen-bond acceptors (Lipinski definition) is 24. The van der Waals surface area contributed by atoms with Crippen molar-refractivity contribution in [2.45, 2.75) is 120 Å². The van der Waals surface area contributed by atoms with Gasteiger partial charge >= 0.3 is 35.9 Å². The van der Waals surface area contributed by atoms with Crippen molar-refractivity contribution in [3.05, 3.63) is 93.1 Å². The number of thiocarbonyl (C=S) groups is 1. The summed E-state index contributed by atoms with van der Waals surface area (Å²) in [5, 5.41) is 66.0. The van der Waals surface area contributed by atoms with Crippen molar-refractivity contribution >= 4 is 141 Å². The molecule has 0 spiro atoms. The highest BCUT2D eigenvalue weighted by Crippen LogP contribution is 2.18. The molecular weight excluding hydrogens is 1650 g/mol. The Morgan fingerprint density at radius 2 is 1.03 bits per heavy atom. The van der Waals surface area contributed by atoms with E-state index in [4.69, 9.17) is 60.3 Å². The number of nitrogens with two attached hydrogens (primary N) is 5. The van der Waals surface area contributed by atoms with Gasteiger partial charge in [0.15, 0.2) is 5.11 Å². The third-order valence-corrected chi connectivity index (χ3v) is 18.7. The fourth-order valence-corrected chi connectivity index (χ4v) is 12.4. The van der Waals surface area contributed by atoms with Crippen molar-refractivity contribution in [1.82, 2.24) is 56.8 Å². The topological polar surface area (TPSA) is 607 Å². The molecule has 3 aromatic rings. The van der Waals surface area contributed by atoms with Crippen LogP contribution in [0.3, 0.4) is 0 Å². The maximum atomic E-state index is 13.9. The number of hydrazone groups is 1. The summed E-state index contributed by atoms with van der Waals surface area (Å²) >= 11 is 7.81. The molecule has 5 unspecified atom stereocenters. The Labute approximate surface area is 691 Å². The average molecular weight is 1760 g/mol. The van der Waals surface area contributed by atoms with Crippen molar-refractivity contribution in [3.8, 4) is 0 Å². The van der Waals surface area contributed by atoms with E-state index < -0.39 is 114 Å². The Bertz CT molecular complexity index is 3740. The molecule has 40 nitrogen and oxygen atoms in total. The monoisotopic (exact) mass is 1760 g/mol. The van der Waals surface area contributed by atoms with E-state index in [2.05, 4.69) is 80.5 Å². The number of carbonyl (C=O) groups excluding carboxylic acids is 9. The van der Waals surface area contributed by atoms with Crippen LogP contribution < -0.4 is 76.6 Å². The lowest BCUT2D eigenvalue weighted by Gasteiger charge is -2.38. The highest BCUT2D eigenvalue weighted by Gasteiger charge is 2.30. The average Bonchev–Trinajstić information content (AvgIpc) is 0.854. The quantitative estimate of drug-likeness (QED) is 0.00775. The number of nitrogens with zero attached hydrogens (tertiary/aromatic N) is 6. The van der Waals surface area contributed by atoms with Gasteiger partial charge in [0.1, 0.15) is 29.9 Å². The van der Waals surface area contributed by atoms with Crippen molar-refractivity contribution in [2.75, 3.05) is 148 Å². The van der Waals surface area contributed by atoms with Gasteiger partial charge in [-0.15, -0.1) is 0 Å². The molecule has 0 aliphatic carbocycles. The smallest absolute Gasteiger partial charge is 0.326 e. The summed E-state index contributed by atoms with van der Waals surface area (Å²) in [6.07, 6.45) is 3.31. The Kier molecular flexibility index (Phi) is 47.3. The molecule has 1 fully saturated rings. The number of aliphatic imine (C=N–C) groups is 1. The fourth-order valence-electron chi connectivity index (χ4n) is 11.8. The van der Waals surface area contributed by atoms with Crippen LogP contribution in [-0.4, -0.2) is 302 Å². The molecule has 116 heavy (non-hydrogen) atoms. The number of nitrogens with one attached hydrogen (secondary N) is 9. The van der Waals surface area contributed by atoms with Gasteiger partial charge in [0, 0.05) is 111 Å². The number of primary amides is 4. The highest BCUT2D eigenvalue weighted by molar-refractivity contribution is 14.1. The third kappa shape index (κ3) is 43.9. The molecule has 1 aliphatic heterocycles. The third-order valence-electron chi connectivity index (χ3n) is 17.7. The van der Waals surface area contributed by atoms with Gasteiger partial charge in [0.2, 0.25) is 41.4 Å². The fraction of sp³-hybridized carbons (Fsp3) is 0.541. The first-order valence-corrected chi connectivity index (χ1v) is 39.4. The number of benzene rings is 3. The second-order valence-corrected chi connectivity index (χ2v) is 28.8. The van der Waals surface area contributed by atoms with E-state index in [-0.39, 0.29) is 135 Å². The maximum absolute atomic E-state index is 13.9. The molecule has 640 valence electrons. The summed E-state index contributed by atoms with van der Waals surface area (Å²) < 4.78 is 17.9. The first-order valence-electron chi connectivity index (χ1n) is 37.9. The van der Waals surface area contributed by atoms with Gasteiger partial charge in [-0.05, 0) is 153 Å². The summed E-state index contributed by atoms with van der Waals surface area (Å²) in [6, 6.07) is 14.2. The molecule has 0 radical (unpaired) electrons. The molecule has 0 bridgehead atoms. The number of rotatable bonds is 54. The van der Waals surface area contributed by atoms with E-state index in [9.17, 15) is 77.6 Å². The number of carboxylic acids is 4. The zero-order chi connectivity index (χ0) is 85.2. The molecule has 1 aliphatic rings. The van der Waals surface area contributed by atoms with Gasteiger partial charge < -0.3 is 111 Å². The van der Waals surface area contributed by atoms with Crippen LogP contribution in [0.5, 0.6) is 0 Å². The summed E-state index contributed by atoms with van der Waals surface area (Å²) in [7, 11) is 0. The van der Waals surface area contributed by atoms with Crippen LogP contribution >= 0.6 is 34.8 Å². The van der Waals surface area contributed by atoms with Gasteiger partial charge in [-0.1, -0.05) is 36.4 Å². The van der Waals surface area contributed by atoms with Gasteiger partial charge in [-0.25, -0.2) is 24.0 Å². The van der Waals surface area contributed by atoms with Gasteiger partial charge in [0.25, 0.3) is 0 Å². The Morgan fingerprint density at radius 3 is 1.59 bits per heavy atom. The zero-order valence-electron chi connectivity index (χ0n) is 64.8. The molecule has 0 aromatic heterocycles. The number of unbranched alkanes of at least 4 members (excludes halogenated alkanes) is 3. The minimum atomic E-state index is -1.55. The maximum Gasteiger partial charge on any atom is 0.326 e. The molecule has 4 rings (SSSR count). The standard InChI is InChI=1S/C74H111IN20O20S/c75-52-17-13-50(14-18-52)41-66(101)82-24-4-2-11-57(69(105)106)88-68(104)56(10-1-6-26-84-74(116)86-53-19-15-49(16-20-53)40-55-44-94(47-63(78)98)31-30-92(45-61(76)96)28-29-93(46-62(77)97)32-33-95(55)48-64(79)99)87-65(100)23-34-113-36-38-115-39-37-114-35-27-81-43-60(91-80)51-8-7-9-54(42-51)85-72(111)83-25-5-3-12-58(70(107)108)89-73(112)90-59(71(109)110)21-22-67(102)103/h7-9,13-20,42-43,55-59H,1-6,10-12,21-41,44-48,80H2,(H2,76,96)(H2,77,97)(H2,78,98)(H2,79,99)(H,82,101)(H,87,100)(H,88,104)(H,102,103)(H,105,106)(H,107,108)(H,109,110)(H2,83,85,111)(H2,84,86,116)(H2,89,90,112). The minimum absolute atomic E-state index is 0.0265. The number of anilines is 2. The number of halogens is 1. The number of hydrogen-bond donors (Lipinski definition) is 18. The predicted molar refractivity (Wildman–Crippen MR) is 441 cm³/mol. The lowest BCUT2D eigenvalue weighted by atomic mass is 10.0. The van der Waals surface area contributed by atoms with Crippen molar-refractivity contribution in [1.29, 1.82) is 0 Å². The van der Waals surface area contributed by atoms with Crippen molar-refractivity contribution in [3.63, 3.8) is 0 Å². The first kappa shape index (κ1) is 98.0. The largest absolute Gasteiger partial charge is 0.481 e. The Hall–Kier alpha value is -10.3. The van der Waals surface area contributed by atoms with E-state index in [1.807, 2.05) is 68.1 Å². The van der Waals surface area contributed by atoms with Crippen molar-refractivity contribution in [2.24, 2.45) is 38.9 Å². The van der Waals surface area contributed by atoms with E-state index in [1.165, 1.54) is 6.21 Å². The van der Waals surface area contributed by atoms with Crippen LogP contribution in [0.15, 0.2) is 82.9 Å². The molecular formula is C74H111IN20O20S. The molecule has 23 N–H and O–H groups in total. The molecule has 5 atom stereocenters. The minimum Gasteiger partial charge on any atom is -0.481 e.